The number of carbonyl (C=O) groups is 1. The molecular formula is C21H22N4O3. The van der Waals surface area contributed by atoms with E-state index in [1.807, 2.05) is 41.3 Å². The summed E-state index contributed by atoms with van der Waals surface area (Å²) in [6.07, 6.45) is 9.51. The molecule has 1 unspecified atom stereocenters. The van der Waals surface area contributed by atoms with Gasteiger partial charge in [0.25, 0.3) is 5.91 Å². The van der Waals surface area contributed by atoms with Gasteiger partial charge in [-0.2, -0.15) is 9.98 Å². The van der Waals surface area contributed by atoms with Crippen LogP contribution < -0.4 is 9.47 Å². The first-order valence-electron chi connectivity index (χ1n) is 9.30. The number of amidine groups is 1. The highest BCUT2D eigenvalue weighted by atomic mass is 16.5. The largest absolute Gasteiger partial charge is 0.497 e. The predicted molar refractivity (Wildman–Crippen MR) is 109 cm³/mol. The van der Waals surface area contributed by atoms with Crippen LogP contribution in [0.25, 0.3) is 6.08 Å². The average Bonchev–Trinajstić information content (AvgIpc) is 3.26. The molecular weight excluding hydrogens is 356 g/mol. The first kappa shape index (κ1) is 18.2. The molecule has 1 atom stereocenters. The van der Waals surface area contributed by atoms with Crippen molar-refractivity contribution in [3.05, 3.63) is 41.5 Å². The molecule has 144 valence electrons. The second-order valence-corrected chi connectivity index (χ2v) is 6.73. The monoisotopic (exact) mass is 378 g/mol. The molecule has 0 spiro atoms. The number of hydrogen-bond donors (Lipinski definition) is 0. The van der Waals surface area contributed by atoms with Gasteiger partial charge in [0, 0.05) is 30.9 Å². The molecule has 7 nitrogen and oxygen atoms in total. The Labute approximate surface area is 163 Å². The van der Waals surface area contributed by atoms with Gasteiger partial charge in [-0.15, -0.1) is 0 Å². The van der Waals surface area contributed by atoms with Crippen LogP contribution in [-0.4, -0.2) is 56.1 Å². The molecule has 3 aliphatic heterocycles. The lowest BCUT2D eigenvalue weighted by atomic mass is 9.93. The molecule has 0 aromatic heterocycles. The van der Waals surface area contributed by atoms with Crippen molar-refractivity contribution in [2.24, 2.45) is 20.9 Å². The zero-order valence-corrected chi connectivity index (χ0v) is 16.0. The molecule has 3 aliphatic rings. The quantitative estimate of drug-likeness (QED) is 0.807. The number of nitrogens with zero attached hydrogens (tertiary/aromatic N) is 4. The number of fused-ring (bicyclic) bond motifs is 1. The molecule has 0 bridgehead atoms. The Hall–Kier alpha value is -3.22. The highest BCUT2D eigenvalue weighted by molar-refractivity contribution is 6.20. The van der Waals surface area contributed by atoms with Crippen LogP contribution in [0.1, 0.15) is 18.4 Å². The summed E-state index contributed by atoms with van der Waals surface area (Å²) in [6, 6.07) is 5.60. The van der Waals surface area contributed by atoms with Crippen LogP contribution in [0.15, 0.2) is 50.9 Å². The van der Waals surface area contributed by atoms with E-state index in [0.717, 1.165) is 42.8 Å². The summed E-state index contributed by atoms with van der Waals surface area (Å²) < 4.78 is 10.7. The Kier molecular flexibility index (Phi) is 5.06. The highest BCUT2D eigenvalue weighted by Gasteiger charge is 2.34. The van der Waals surface area contributed by atoms with Crippen LogP contribution in [0.2, 0.25) is 0 Å². The second kappa shape index (κ2) is 7.80. The van der Waals surface area contributed by atoms with Gasteiger partial charge in [-0.3, -0.25) is 4.79 Å². The molecule has 0 N–H and O–H groups in total. The maximum Gasteiger partial charge on any atom is 0.264 e. The van der Waals surface area contributed by atoms with Crippen molar-refractivity contribution in [3.8, 4) is 11.5 Å². The number of rotatable bonds is 4. The summed E-state index contributed by atoms with van der Waals surface area (Å²) in [5, 5.41) is 0. The minimum absolute atomic E-state index is 0.221. The fraction of sp³-hybridized carbons (Fsp3) is 0.333. The number of methoxy groups -OCH3 is 2. The van der Waals surface area contributed by atoms with Crippen molar-refractivity contribution in [1.29, 1.82) is 0 Å². The zero-order chi connectivity index (χ0) is 19.5. The maximum absolute atomic E-state index is 12.7. The number of likely N-dealkylation sites (tertiary alicyclic amines) is 1. The van der Waals surface area contributed by atoms with E-state index in [-0.39, 0.29) is 5.91 Å². The third kappa shape index (κ3) is 3.47. The molecule has 3 heterocycles. The van der Waals surface area contributed by atoms with E-state index in [4.69, 9.17) is 9.47 Å². The second-order valence-electron chi connectivity index (χ2n) is 6.73. The molecule has 0 aliphatic carbocycles. The van der Waals surface area contributed by atoms with E-state index in [1.54, 1.807) is 20.4 Å². The first-order chi connectivity index (χ1) is 13.7. The number of benzene rings is 1. The standard InChI is InChI=1S/C21H22N4O3/c1-27-16-8-7-14(17(13-16)28-2)5-6-15-9-10-22-19-18(15)20(26)24-21(23-19)25-11-3-4-12-25/h5-10,13,18H,3-4,11-12H2,1-2H3/b6-5+. The Morgan fingerprint density at radius 1 is 1.11 bits per heavy atom. The summed E-state index contributed by atoms with van der Waals surface area (Å²) in [6.45, 7) is 1.77. The van der Waals surface area contributed by atoms with Crippen molar-refractivity contribution in [2.45, 2.75) is 12.8 Å². The number of dihydropyridines is 1. The van der Waals surface area contributed by atoms with E-state index >= 15 is 0 Å². The maximum atomic E-state index is 12.7. The fourth-order valence-electron chi connectivity index (χ4n) is 3.51. The molecule has 1 amide bonds. The van der Waals surface area contributed by atoms with Crippen molar-refractivity contribution < 1.29 is 14.3 Å². The van der Waals surface area contributed by atoms with Crippen LogP contribution >= 0.6 is 0 Å². The molecule has 0 saturated carbocycles. The molecule has 1 aromatic carbocycles. The molecule has 1 aromatic rings. The summed E-state index contributed by atoms with van der Waals surface area (Å²) in [7, 11) is 3.23. The van der Waals surface area contributed by atoms with E-state index < -0.39 is 5.92 Å². The lowest BCUT2D eigenvalue weighted by Crippen LogP contribution is -2.36. The van der Waals surface area contributed by atoms with Gasteiger partial charge in [0.2, 0.25) is 5.96 Å². The Morgan fingerprint density at radius 2 is 1.93 bits per heavy atom. The van der Waals surface area contributed by atoms with Gasteiger partial charge in [0.05, 0.1) is 14.2 Å². The lowest BCUT2D eigenvalue weighted by Gasteiger charge is -2.24. The lowest BCUT2D eigenvalue weighted by molar-refractivity contribution is -0.118. The van der Waals surface area contributed by atoms with Crippen molar-refractivity contribution >= 4 is 30.0 Å². The molecule has 1 saturated heterocycles. The van der Waals surface area contributed by atoms with Crippen molar-refractivity contribution in [2.75, 3.05) is 27.3 Å². The van der Waals surface area contributed by atoms with E-state index in [1.165, 1.54) is 0 Å². The normalized spacial score (nSPS) is 21.4. The van der Waals surface area contributed by atoms with Gasteiger partial charge in [-0.1, -0.05) is 12.2 Å². The number of carbonyl (C=O) groups excluding carboxylic acids is 1. The van der Waals surface area contributed by atoms with Gasteiger partial charge in [-0.05, 0) is 36.6 Å². The smallest absolute Gasteiger partial charge is 0.264 e. The Morgan fingerprint density at radius 3 is 2.68 bits per heavy atom. The number of guanidine groups is 1. The molecule has 0 radical (unpaired) electrons. The first-order valence-corrected chi connectivity index (χ1v) is 9.30. The number of aliphatic imine (C=N–C) groups is 3. The van der Waals surface area contributed by atoms with Gasteiger partial charge < -0.3 is 14.4 Å². The van der Waals surface area contributed by atoms with E-state index in [2.05, 4.69) is 15.0 Å². The van der Waals surface area contributed by atoms with Crippen molar-refractivity contribution in [3.63, 3.8) is 0 Å². The molecule has 28 heavy (non-hydrogen) atoms. The van der Waals surface area contributed by atoms with Crippen molar-refractivity contribution in [1.82, 2.24) is 4.90 Å². The van der Waals surface area contributed by atoms with Crippen LogP contribution in [0.3, 0.4) is 0 Å². The topological polar surface area (TPSA) is 75.9 Å². The molecule has 4 rings (SSSR count). The minimum atomic E-state index is -0.558. The van der Waals surface area contributed by atoms with Crippen LogP contribution in [0.5, 0.6) is 11.5 Å². The van der Waals surface area contributed by atoms with Gasteiger partial charge in [0.15, 0.2) is 0 Å². The van der Waals surface area contributed by atoms with Gasteiger partial charge in [0.1, 0.15) is 23.3 Å². The number of amides is 1. The van der Waals surface area contributed by atoms with Gasteiger partial charge >= 0.3 is 0 Å². The summed E-state index contributed by atoms with van der Waals surface area (Å²) in [5.41, 5.74) is 1.69. The van der Waals surface area contributed by atoms with Crippen LogP contribution in [0, 0.1) is 5.92 Å². The average molecular weight is 378 g/mol. The molecule has 1 fully saturated rings. The van der Waals surface area contributed by atoms with E-state index in [0.29, 0.717) is 17.5 Å². The predicted octanol–water partition coefficient (Wildman–Crippen LogP) is 2.73. The Balaban J connectivity index is 1.58. The fourth-order valence-corrected chi connectivity index (χ4v) is 3.51. The number of ether oxygens (including phenoxy) is 2. The molecule has 7 heteroatoms. The van der Waals surface area contributed by atoms with Crippen LogP contribution in [0.4, 0.5) is 0 Å². The zero-order valence-electron chi connectivity index (χ0n) is 16.0. The minimum Gasteiger partial charge on any atom is -0.497 e. The SMILES string of the molecule is COc1ccc(/C=C/C2=CC=NC3=NC(N4CCCC4)=NC(=O)C23)c(OC)c1. The van der Waals surface area contributed by atoms with Crippen LogP contribution in [-0.2, 0) is 4.79 Å². The van der Waals surface area contributed by atoms with Gasteiger partial charge in [-0.25, -0.2) is 4.99 Å². The summed E-state index contributed by atoms with van der Waals surface area (Å²) in [5.74, 6) is 1.63. The summed E-state index contributed by atoms with van der Waals surface area (Å²) >= 11 is 0. The number of allylic oxidation sites excluding steroid dienone is 2. The van der Waals surface area contributed by atoms with E-state index in [9.17, 15) is 4.79 Å². The summed E-state index contributed by atoms with van der Waals surface area (Å²) in [4.78, 5) is 27.9. The Bertz CT molecular complexity index is 937. The third-order valence-corrected chi connectivity index (χ3v) is 5.02. The number of hydrogen-bond acceptors (Lipinski definition) is 6. The highest BCUT2D eigenvalue weighted by Crippen LogP contribution is 2.29. The third-order valence-electron chi connectivity index (χ3n) is 5.02.